The van der Waals surface area contributed by atoms with E-state index >= 15 is 0 Å². The van der Waals surface area contributed by atoms with E-state index in [0.717, 1.165) is 16.8 Å². The number of carbonyl (C=O) groups is 1. The Bertz CT molecular complexity index is 1890. The monoisotopic (exact) mass is 686 g/mol. The van der Waals surface area contributed by atoms with Gasteiger partial charge in [-0.05, 0) is 82.8 Å². The molecule has 0 unspecified atom stereocenters. The fraction of sp³-hybridized carbons (Fsp3) is 0.0667. The molecule has 0 aliphatic rings. The maximum atomic E-state index is 13.8. The van der Waals surface area contributed by atoms with E-state index in [2.05, 4.69) is 15.4 Å². The highest BCUT2D eigenvalue weighted by Gasteiger charge is 2.31. The standard InChI is InChI=1S/C30H19F4IN4O3/c31-22-9-2-4-11-25(22)37-27(40)17-42-26-13-12-18(14-23(26)35)16-36-39-28(19-6-5-7-20(15-19)30(32,33)34)38-24-10-3-1-8-21(24)29(39)41/h1-16H,17H2,(H,37,40). The Morgan fingerprint density at radius 1 is 1.00 bits per heavy atom. The molecule has 0 bridgehead atoms. The number of hydrogen-bond acceptors (Lipinski definition) is 5. The number of alkyl halides is 3. The molecule has 1 amide bonds. The predicted octanol–water partition coefficient (Wildman–Crippen LogP) is 6.73. The molecule has 1 heterocycles. The van der Waals surface area contributed by atoms with Gasteiger partial charge in [-0.2, -0.15) is 22.9 Å². The summed E-state index contributed by atoms with van der Waals surface area (Å²) in [6, 6.07) is 21.7. The zero-order valence-electron chi connectivity index (χ0n) is 21.4. The van der Waals surface area contributed by atoms with Crippen LogP contribution in [0.4, 0.5) is 23.2 Å². The van der Waals surface area contributed by atoms with E-state index in [1.54, 1.807) is 48.5 Å². The molecule has 0 saturated carbocycles. The summed E-state index contributed by atoms with van der Waals surface area (Å²) in [6.45, 7) is -0.365. The Kier molecular flexibility index (Phi) is 8.34. The fourth-order valence-corrected chi connectivity index (χ4v) is 4.68. The molecule has 0 aliphatic heterocycles. The third-order valence-corrected chi connectivity index (χ3v) is 6.83. The van der Waals surface area contributed by atoms with E-state index in [4.69, 9.17) is 4.74 Å². The van der Waals surface area contributed by atoms with Crippen LogP contribution in [0.25, 0.3) is 22.3 Å². The molecule has 5 rings (SSSR count). The lowest BCUT2D eigenvalue weighted by molar-refractivity contribution is -0.137. The van der Waals surface area contributed by atoms with Crippen molar-refractivity contribution in [3.8, 4) is 17.1 Å². The van der Waals surface area contributed by atoms with Crippen LogP contribution < -0.4 is 15.6 Å². The maximum Gasteiger partial charge on any atom is 0.416 e. The van der Waals surface area contributed by atoms with Crippen molar-refractivity contribution in [3.05, 3.63) is 122 Å². The van der Waals surface area contributed by atoms with Crippen molar-refractivity contribution in [1.82, 2.24) is 9.66 Å². The highest BCUT2D eigenvalue weighted by Crippen LogP contribution is 2.32. The Balaban J connectivity index is 1.41. The molecular weight excluding hydrogens is 667 g/mol. The van der Waals surface area contributed by atoms with E-state index in [-0.39, 0.29) is 29.1 Å². The smallest absolute Gasteiger partial charge is 0.416 e. The van der Waals surface area contributed by atoms with E-state index in [0.29, 0.717) is 20.4 Å². The molecule has 0 atom stereocenters. The van der Waals surface area contributed by atoms with Crippen LogP contribution in [0.2, 0.25) is 0 Å². The zero-order chi connectivity index (χ0) is 29.9. The molecular formula is C30H19F4IN4O3. The van der Waals surface area contributed by atoms with Crippen molar-refractivity contribution in [2.24, 2.45) is 5.10 Å². The topological polar surface area (TPSA) is 85.6 Å². The molecule has 42 heavy (non-hydrogen) atoms. The summed E-state index contributed by atoms with van der Waals surface area (Å²) in [5.74, 6) is -0.796. The number of benzene rings is 4. The van der Waals surface area contributed by atoms with E-state index in [9.17, 15) is 27.2 Å². The Morgan fingerprint density at radius 3 is 2.52 bits per heavy atom. The number of nitrogens with one attached hydrogen (secondary N) is 1. The Morgan fingerprint density at radius 2 is 1.76 bits per heavy atom. The zero-order valence-corrected chi connectivity index (χ0v) is 23.6. The minimum Gasteiger partial charge on any atom is -0.483 e. The van der Waals surface area contributed by atoms with Crippen molar-refractivity contribution in [2.45, 2.75) is 6.18 Å². The van der Waals surface area contributed by atoms with Crippen molar-refractivity contribution >= 4 is 51.3 Å². The highest BCUT2D eigenvalue weighted by atomic mass is 127. The maximum absolute atomic E-state index is 13.8. The van der Waals surface area contributed by atoms with Crippen molar-refractivity contribution in [2.75, 3.05) is 11.9 Å². The third kappa shape index (κ3) is 6.48. The number of para-hydroxylation sites is 2. The van der Waals surface area contributed by atoms with Crippen LogP contribution in [0, 0.1) is 9.39 Å². The molecule has 7 nitrogen and oxygen atoms in total. The summed E-state index contributed by atoms with van der Waals surface area (Å²) in [4.78, 5) is 30.0. The first-order valence-corrected chi connectivity index (χ1v) is 13.4. The van der Waals surface area contributed by atoms with Crippen molar-refractivity contribution in [3.63, 3.8) is 0 Å². The van der Waals surface area contributed by atoms with Gasteiger partial charge in [0.2, 0.25) is 0 Å². The van der Waals surface area contributed by atoms with Crippen LogP contribution in [0.15, 0.2) is 101 Å². The number of hydrogen-bond donors (Lipinski definition) is 1. The predicted molar refractivity (Wildman–Crippen MR) is 159 cm³/mol. The second-order valence-electron chi connectivity index (χ2n) is 8.90. The van der Waals surface area contributed by atoms with Gasteiger partial charge in [-0.25, -0.2) is 9.37 Å². The number of aromatic nitrogens is 2. The number of rotatable bonds is 7. The van der Waals surface area contributed by atoms with Gasteiger partial charge in [-0.3, -0.25) is 9.59 Å². The average molecular weight is 686 g/mol. The molecule has 212 valence electrons. The first-order valence-electron chi connectivity index (χ1n) is 12.3. The Labute approximate surface area is 249 Å². The van der Waals surface area contributed by atoms with Gasteiger partial charge in [0, 0.05) is 5.56 Å². The third-order valence-electron chi connectivity index (χ3n) is 5.99. The molecule has 12 heteroatoms. The second kappa shape index (κ2) is 12.1. The SMILES string of the molecule is O=C(COc1ccc(C=Nn2c(-c3cccc(C(F)(F)F)c3)nc3ccccc3c2=O)cc1I)Nc1ccccc1F. The Hall–Kier alpha value is -4.59. The quantitative estimate of drug-likeness (QED) is 0.117. The van der Waals surface area contributed by atoms with Crippen LogP contribution in [0.3, 0.4) is 0 Å². The number of anilines is 1. The molecule has 0 aliphatic carbocycles. The van der Waals surface area contributed by atoms with Crippen LogP contribution in [-0.4, -0.2) is 28.4 Å². The van der Waals surface area contributed by atoms with Gasteiger partial charge >= 0.3 is 6.18 Å². The van der Waals surface area contributed by atoms with E-state index in [1.807, 2.05) is 22.6 Å². The number of amides is 1. The largest absolute Gasteiger partial charge is 0.483 e. The molecule has 5 aromatic rings. The highest BCUT2D eigenvalue weighted by molar-refractivity contribution is 14.1. The van der Waals surface area contributed by atoms with Crippen LogP contribution in [0.1, 0.15) is 11.1 Å². The lowest BCUT2D eigenvalue weighted by atomic mass is 10.1. The van der Waals surface area contributed by atoms with Crippen molar-refractivity contribution in [1.29, 1.82) is 0 Å². The molecule has 0 fully saturated rings. The van der Waals surface area contributed by atoms with E-state index < -0.39 is 29.0 Å². The first-order chi connectivity index (χ1) is 20.1. The molecule has 0 spiro atoms. The first kappa shape index (κ1) is 28.9. The molecule has 4 aromatic carbocycles. The number of carbonyl (C=O) groups excluding carboxylic acids is 1. The summed E-state index contributed by atoms with van der Waals surface area (Å²) in [5.41, 5.74) is -0.480. The minimum atomic E-state index is -4.58. The molecule has 0 radical (unpaired) electrons. The van der Waals surface area contributed by atoms with Crippen LogP contribution in [0.5, 0.6) is 5.75 Å². The molecule has 1 N–H and O–H groups in total. The lowest BCUT2D eigenvalue weighted by Crippen LogP contribution is -2.21. The van der Waals surface area contributed by atoms with Gasteiger partial charge in [0.05, 0.1) is 31.9 Å². The normalized spacial score (nSPS) is 11.6. The average Bonchev–Trinajstić information content (AvgIpc) is 2.97. The minimum absolute atomic E-state index is 0.0373. The lowest BCUT2D eigenvalue weighted by Gasteiger charge is -2.12. The molecule has 1 aromatic heterocycles. The molecule has 0 saturated heterocycles. The summed E-state index contributed by atoms with van der Waals surface area (Å²) in [7, 11) is 0. The summed E-state index contributed by atoms with van der Waals surface area (Å²) >= 11 is 2.00. The summed E-state index contributed by atoms with van der Waals surface area (Å²) < 4.78 is 61.1. The van der Waals surface area contributed by atoms with Gasteiger partial charge in [-0.1, -0.05) is 36.4 Å². The van der Waals surface area contributed by atoms with Crippen LogP contribution in [-0.2, 0) is 11.0 Å². The number of ether oxygens (including phenoxy) is 1. The van der Waals surface area contributed by atoms with Crippen molar-refractivity contribution < 1.29 is 27.1 Å². The number of halogens is 5. The summed E-state index contributed by atoms with van der Waals surface area (Å²) in [6.07, 6.45) is -3.22. The van der Waals surface area contributed by atoms with E-state index in [1.165, 1.54) is 36.5 Å². The van der Waals surface area contributed by atoms with Crippen LogP contribution >= 0.6 is 22.6 Å². The fourth-order valence-electron chi connectivity index (χ4n) is 3.98. The van der Waals surface area contributed by atoms with Gasteiger partial charge < -0.3 is 10.1 Å². The van der Waals surface area contributed by atoms with Gasteiger partial charge in [0.1, 0.15) is 11.6 Å². The number of fused-ring (bicyclic) bond motifs is 1. The van der Waals surface area contributed by atoms with Gasteiger partial charge in [0.25, 0.3) is 11.5 Å². The van der Waals surface area contributed by atoms with Gasteiger partial charge in [0.15, 0.2) is 12.4 Å². The van der Waals surface area contributed by atoms with Gasteiger partial charge in [-0.15, -0.1) is 0 Å². The number of nitrogens with zero attached hydrogens (tertiary/aromatic N) is 3. The second-order valence-corrected chi connectivity index (χ2v) is 10.1. The summed E-state index contributed by atoms with van der Waals surface area (Å²) in [5, 5.41) is 6.97.